The van der Waals surface area contributed by atoms with Crippen LogP contribution in [-0.4, -0.2) is 17.4 Å². The number of aromatic nitrogens is 1. The summed E-state index contributed by atoms with van der Waals surface area (Å²) in [5.74, 6) is -0.554. The van der Waals surface area contributed by atoms with Crippen molar-refractivity contribution in [1.82, 2.24) is 4.98 Å². The maximum atomic E-state index is 12.6. The second kappa shape index (κ2) is 7.43. The Morgan fingerprint density at radius 2 is 2.17 bits per heavy atom. The van der Waals surface area contributed by atoms with Gasteiger partial charge in [-0.3, -0.25) is 9.78 Å². The molecular formula is C19H18ClN3O. The van der Waals surface area contributed by atoms with Gasteiger partial charge in [0, 0.05) is 41.5 Å². The van der Waals surface area contributed by atoms with E-state index in [-0.39, 0.29) is 12.5 Å². The van der Waals surface area contributed by atoms with Crippen LogP contribution >= 0.6 is 11.6 Å². The van der Waals surface area contributed by atoms with E-state index in [0.717, 1.165) is 27.1 Å². The van der Waals surface area contributed by atoms with Crippen molar-refractivity contribution in [1.29, 1.82) is 0 Å². The first-order chi connectivity index (χ1) is 11.7. The van der Waals surface area contributed by atoms with Crippen molar-refractivity contribution in [3.63, 3.8) is 0 Å². The lowest BCUT2D eigenvalue weighted by atomic mass is 9.97. The minimum atomic E-state index is -0.423. The lowest BCUT2D eigenvalue weighted by Crippen LogP contribution is -2.30. The molecule has 1 unspecified atom stereocenters. The third-order valence-corrected chi connectivity index (χ3v) is 4.22. The van der Waals surface area contributed by atoms with E-state index in [9.17, 15) is 4.79 Å². The van der Waals surface area contributed by atoms with Gasteiger partial charge in [-0.05, 0) is 35.2 Å². The van der Waals surface area contributed by atoms with Crippen molar-refractivity contribution in [3.8, 4) is 0 Å². The van der Waals surface area contributed by atoms with Gasteiger partial charge in [-0.1, -0.05) is 35.9 Å². The number of amides is 1. The summed E-state index contributed by atoms with van der Waals surface area (Å²) in [5.41, 5.74) is 7.43. The van der Waals surface area contributed by atoms with E-state index in [0.29, 0.717) is 6.42 Å². The molecule has 0 saturated carbocycles. The Morgan fingerprint density at radius 3 is 3.00 bits per heavy atom. The third kappa shape index (κ3) is 3.72. The van der Waals surface area contributed by atoms with Crippen LogP contribution in [0.1, 0.15) is 6.42 Å². The smallest absolute Gasteiger partial charge is 0.233 e. The number of halogens is 1. The number of rotatable bonds is 4. The van der Waals surface area contributed by atoms with Crippen LogP contribution in [0.15, 0.2) is 71.6 Å². The van der Waals surface area contributed by atoms with E-state index in [1.54, 1.807) is 12.4 Å². The van der Waals surface area contributed by atoms with Gasteiger partial charge in [0.15, 0.2) is 0 Å². The molecule has 1 aromatic heterocycles. The number of anilines is 1. The zero-order valence-electron chi connectivity index (χ0n) is 13.1. The van der Waals surface area contributed by atoms with Gasteiger partial charge in [0.05, 0.1) is 5.92 Å². The van der Waals surface area contributed by atoms with E-state index in [2.05, 4.69) is 10.3 Å². The molecule has 0 bridgehead atoms. The molecule has 1 aromatic carbocycles. The molecule has 1 atom stereocenters. The molecule has 0 fully saturated rings. The van der Waals surface area contributed by atoms with E-state index in [1.807, 2.05) is 48.6 Å². The number of allylic oxidation sites excluding steroid dienone is 5. The lowest BCUT2D eigenvalue weighted by molar-refractivity contribution is -0.118. The zero-order valence-corrected chi connectivity index (χ0v) is 13.8. The van der Waals surface area contributed by atoms with E-state index in [1.165, 1.54) is 0 Å². The number of benzene rings is 1. The minimum absolute atomic E-state index is 0.131. The summed E-state index contributed by atoms with van der Waals surface area (Å²) in [6.07, 6.45) is 11.7. The van der Waals surface area contributed by atoms with Crippen LogP contribution in [0.25, 0.3) is 10.8 Å². The Hall–Kier alpha value is -2.43. The fourth-order valence-electron chi connectivity index (χ4n) is 2.64. The van der Waals surface area contributed by atoms with Crippen molar-refractivity contribution in [2.24, 2.45) is 11.7 Å². The van der Waals surface area contributed by atoms with Crippen LogP contribution in [0.2, 0.25) is 0 Å². The van der Waals surface area contributed by atoms with Crippen molar-refractivity contribution >= 4 is 34.0 Å². The second-order valence-electron chi connectivity index (χ2n) is 5.60. The summed E-state index contributed by atoms with van der Waals surface area (Å²) in [7, 11) is 0. The van der Waals surface area contributed by atoms with E-state index >= 15 is 0 Å². The second-order valence-corrected chi connectivity index (χ2v) is 6.09. The predicted octanol–water partition coefficient (Wildman–Crippen LogP) is 3.76. The molecular weight excluding hydrogens is 322 g/mol. The van der Waals surface area contributed by atoms with Crippen molar-refractivity contribution < 1.29 is 4.79 Å². The van der Waals surface area contributed by atoms with Crippen LogP contribution < -0.4 is 11.1 Å². The largest absolute Gasteiger partial charge is 0.329 e. The number of nitrogens with one attached hydrogen (secondary N) is 1. The zero-order chi connectivity index (χ0) is 16.9. The molecule has 1 amide bonds. The molecule has 4 nitrogen and oxygen atoms in total. The van der Waals surface area contributed by atoms with Gasteiger partial charge < -0.3 is 11.1 Å². The summed E-state index contributed by atoms with van der Waals surface area (Å²) in [4.78, 5) is 16.7. The minimum Gasteiger partial charge on any atom is -0.329 e. The van der Waals surface area contributed by atoms with Crippen molar-refractivity contribution in [3.05, 3.63) is 71.6 Å². The molecule has 5 heteroatoms. The molecule has 1 aliphatic rings. The molecule has 122 valence electrons. The fourth-order valence-corrected chi connectivity index (χ4v) is 2.79. The summed E-state index contributed by atoms with van der Waals surface area (Å²) in [6, 6.07) is 7.64. The molecule has 0 aliphatic heterocycles. The Labute approximate surface area is 145 Å². The van der Waals surface area contributed by atoms with Gasteiger partial charge in [0.2, 0.25) is 5.91 Å². The molecule has 1 aliphatic carbocycles. The molecule has 3 rings (SSSR count). The van der Waals surface area contributed by atoms with Crippen LogP contribution in [0.3, 0.4) is 0 Å². The van der Waals surface area contributed by atoms with E-state index in [4.69, 9.17) is 17.3 Å². The number of pyridine rings is 1. The molecule has 2 aromatic rings. The maximum Gasteiger partial charge on any atom is 0.233 e. The normalized spacial score (nSPS) is 15.4. The van der Waals surface area contributed by atoms with Gasteiger partial charge in [0.25, 0.3) is 0 Å². The van der Waals surface area contributed by atoms with Crippen LogP contribution in [0.5, 0.6) is 0 Å². The first kappa shape index (κ1) is 16.4. The van der Waals surface area contributed by atoms with Gasteiger partial charge in [0.1, 0.15) is 0 Å². The van der Waals surface area contributed by atoms with E-state index < -0.39 is 5.92 Å². The average molecular weight is 340 g/mol. The highest BCUT2D eigenvalue weighted by molar-refractivity contribution is 6.29. The number of nitrogens with zero attached hydrogens (tertiary/aromatic N) is 1. The first-order valence-corrected chi connectivity index (χ1v) is 8.12. The molecule has 1 heterocycles. The molecule has 0 radical (unpaired) electrons. The average Bonchev–Trinajstić information content (AvgIpc) is 2.80. The predicted molar refractivity (Wildman–Crippen MR) is 98.7 cm³/mol. The molecule has 24 heavy (non-hydrogen) atoms. The quantitative estimate of drug-likeness (QED) is 0.891. The van der Waals surface area contributed by atoms with Gasteiger partial charge in [-0.15, -0.1) is 0 Å². The number of nitrogens with two attached hydrogens (primary N) is 1. The van der Waals surface area contributed by atoms with Gasteiger partial charge in [-0.2, -0.15) is 0 Å². The monoisotopic (exact) mass is 339 g/mol. The SMILES string of the molecule is NCC(C(=O)Nc1ccc2cnccc2c1)C1=CC=C(Cl)CC=C1. The Morgan fingerprint density at radius 1 is 1.29 bits per heavy atom. The van der Waals surface area contributed by atoms with Gasteiger partial charge in [-0.25, -0.2) is 0 Å². The Bertz CT molecular complexity index is 855. The van der Waals surface area contributed by atoms with Gasteiger partial charge >= 0.3 is 0 Å². The molecule has 0 spiro atoms. The first-order valence-electron chi connectivity index (χ1n) is 7.75. The highest BCUT2D eigenvalue weighted by Gasteiger charge is 2.20. The molecule has 3 N–H and O–H groups in total. The standard InChI is InChI=1S/C19H18ClN3O/c20-16-3-1-2-13(4-6-16)18(11-21)19(24)23-17-7-5-15-12-22-9-8-14(15)10-17/h1-2,4-10,12,18H,3,11,21H2,(H,23,24). The fraction of sp³-hybridized carbons (Fsp3) is 0.158. The van der Waals surface area contributed by atoms with Crippen molar-refractivity contribution in [2.75, 3.05) is 11.9 Å². The topological polar surface area (TPSA) is 68.0 Å². The lowest BCUT2D eigenvalue weighted by Gasteiger charge is -2.16. The highest BCUT2D eigenvalue weighted by atomic mass is 35.5. The number of hydrogen-bond acceptors (Lipinski definition) is 3. The van der Waals surface area contributed by atoms with Crippen LogP contribution in [0, 0.1) is 5.92 Å². The van der Waals surface area contributed by atoms with Crippen molar-refractivity contribution in [2.45, 2.75) is 6.42 Å². The number of fused-ring (bicyclic) bond motifs is 1. The summed E-state index contributed by atoms with van der Waals surface area (Å²) >= 11 is 6.03. The highest BCUT2D eigenvalue weighted by Crippen LogP contribution is 2.22. The number of hydrogen-bond donors (Lipinski definition) is 2. The summed E-state index contributed by atoms with van der Waals surface area (Å²) < 4.78 is 0. The van der Waals surface area contributed by atoms with Crippen LogP contribution in [0.4, 0.5) is 5.69 Å². The molecule has 0 saturated heterocycles. The summed E-state index contributed by atoms with van der Waals surface area (Å²) in [6.45, 7) is 0.227. The maximum absolute atomic E-state index is 12.6. The summed E-state index contributed by atoms with van der Waals surface area (Å²) in [5, 5.41) is 5.73. The number of carbonyl (C=O) groups is 1. The Kier molecular flexibility index (Phi) is 5.08. The third-order valence-electron chi connectivity index (χ3n) is 3.94. The number of carbonyl (C=O) groups excluding carboxylic acids is 1. The van der Waals surface area contributed by atoms with Crippen LogP contribution in [-0.2, 0) is 4.79 Å². The Balaban J connectivity index is 1.81.